The normalized spacial score (nSPS) is 15.1. The van der Waals surface area contributed by atoms with Gasteiger partial charge in [-0.15, -0.1) is 0 Å². The molecule has 0 saturated heterocycles. The Labute approximate surface area is 134 Å². The first-order valence-corrected chi connectivity index (χ1v) is 7.51. The van der Waals surface area contributed by atoms with Gasteiger partial charge in [-0.2, -0.15) is 0 Å². The number of carbonyl (C=O) groups excluding carboxylic acids is 1. The first-order chi connectivity index (χ1) is 10.4. The number of amides is 1. The molecule has 1 atom stereocenters. The van der Waals surface area contributed by atoms with Gasteiger partial charge in [-0.3, -0.25) is 4.79 Å². The predicted octanol–water partition coefficient (Wildman–Crippen LogP) is 4.03. The van der Waals surface area contributed by atoms with Crippen molar-refractivity contribution < 1.29 is 13.6 Å². The highest BCUT2D eigenvalue weighted by atomic mass is 79.9. The number of hydrogen-bond acceptors (Lipinski definition) is 2. The summed E-state index contributed by atoms with van der Waals surface area (Å²) in [7, 11) is 0. The second kappa shape index (κ2) is 5.35. The molecule has 0 unspecified atom stereocenters. The van der Waals surface area contributed by atoms with E-state index < -0.39 is 17.7 Å². The van der Waals surface area contributed by atoms with Crippen molar-refractivity contribution in [3.63, 3.8) is 0 Å². The number of fused-ring (bicyclic) bond motifs is 1. The molecular weight excluding hydrogens is 354 g/mol. The monoisotopic (exact) mass is 366 g/mol. The van der Waals surface area contributed by atoms with E-state index >= 15 is 0 Å². The Kier molecular flexibility index (Phi) is 3.64. The summed E-state index contributed by atoms with van der Waals surface area (Å²) < 4.78 is 27.8. The Bertz CT molecular complexity index is 779. The van der Waals surface area contributed by atoms with E-state index in [1.165, 1.54) is 17.0 Å². The third-order valence-corrected chi connectivity index (χ3v) is 4.37. The van der Waals surface area contributed by atoms with Crippen molar-refractivity contribution in [1.29, 1.82) is 0 Å². The summed E-state index contributed by atoms with van der Waals surface area (Å²) in [6, 6.07) is 6.36. The average Bonchev–Trinajstić information content (AvgIpc) is 2.75. The SMILES string of the molecule is C[C@H](c1ccc(F)cc1F)N1Cc2cc(Br)cc(N)c2C1=O. The fourth-order valence-corrected chi connectivity index (χ4v) is 3.31. The zero-order chi connectivity index (χ0) is 16.0. The van der Waals surface area contributed by atoms with Crippen LogP contribution in [0.5, 0.6) is 0 Å². The molecule has 2 aromatic carbocycles. The van der Waals surface area contributed by atoms with Gasteiger partial charge in [0.2, 0.25) is 0 Å². The van der Waals surface area contributed by atoms with Crippen LogP contribution < -0.4 is 5.73 Å². The van der Waals surface area contributed by atoms with Crippen LogP contribution in [0.1, 0.15) is 34.5 Å². The zero-order valence-electron chi connectivity index (χ0n) is 11.7. The molecule has 3 nitrogen and oxygen atoms in total. The summed E-state index contributed by atoms with van der Waals surface area (Å²) in [5.74, 6) is -1.54. The van der Waals surface area contributed by atoms with Gasteiger partial charge in [0.05, 0.1) is 11.6 Å². The van der Waals surface area contributed by atoms with Crippen LogP contribution in [0.3, 0.4) is 0 Å². The van der Waals surface area contributed by atoms with E-state index in [1.807, 2.05) is 6.07 Å². The minimum absolute atomic E-state index is 0.240. The van der Waals surface area contributed by atoms with Crippen molar-refractivity contribution in [3.05, 3.63) is 63.1 Å². The molecule has 6 heteroatoms. The number of halogens is 3. The van der Waals surface area contributed by atoms with Crippen molar-refractivity contribution in [3.8, 4) is 0 Å². The molecule has 2 aromatic rings. The van der Waals surface area contributed by atoms with Gasteiger partial charge in [0, 0.05) is 28.3 Å². The van der Waals surface area contributed by atoms with E-state index in [0.717, 1.165) is 16.1 Å². The molecule has 1 heterocycles. The van der Waals surface area contributed by atoms with E-state index in [-0.39, 0.29) is 11.5 Å². The van der Waals surface area contributed by atoms with Crippen LogP contribution >= 0.6 is 15.9 Å². The zero-order valence-corrected chi connectivity index (χ0v) is 13.3. The molecule has 114 valence electrons. The van der Waals surface area contributed by atoms with E-state index in [2.05, 4.69) is 15.9 Å². The predicted molar refractivity (Wildman–Crippen MR) is 83.2 cm³/mol. The Hall–Kier alpha value is -1.95. The van der Waals surface area contributed by atoms with Crippen LogP contribution in [0.15, 0.2) is 34.8 Å². The molecule has 3 rings (SSSR count). The van der Waals surface area contributed by atoms with E-state index in [1.54, 1.807) is 13.0 Å². The molecule has 1 amide bonds. The van der Waals surface area contributed by atoms with Gasteiger partial charge >= 0.3 is 0 Å². The van der Waals surface area contributed by atoms with Crippen molar-refractivity contribution >= 4 is 27.5 Å². The molecule has 22 heavy (non-hydrogen) atoms. The highest BCUT2D eigenvalue weighted by molar-refractivity contribution is 9.10. The van der Waals surface area contributed by atoms with Crippen LogP contribution in [-0.4, -0.2) is 10.8 Å². The molecule has 0 fully saturated rings. The number of anilines is 1. The molecule has 0 aromatic heterocycles. The fourth-order valence-electron chi connectivity index (χ4n) is 2.79. The highest BCUT2D eigenvalue weighted by Gasteiger charge is 2.34. The van der Waals surface area contributed by atoms with Gasteiger partial charge in [-0.1, -0.05) is 22.0 Å². The second-order valence-corrected chi connectivity index (χ2v) is 6.22. The summed E-state index contributed by atoms with van der Waals surface area (Å²) >= 11 is 3.35. The second-order valence-electron chi connectivity index (χ2n) is 5.30. The lowest BCUT2D eigenvalue weighted by Gasteiger charge is -2.25. The summed E-state index contributed by atoms with van der Waals surface area (Å²) in [5.41, 5.74) is 7.84. The number of benzene rings is 2. The largest absolute Gasteiger partial charge is 0.398 e. The number of carbonyl (C=O) groups is 1. The van der Waals surface area contributed by atoms with Gasteiger partial charge in [0.25, 0.3) is 5.91 Å². The molecule has 1 aliphatic heterocycles. The van der Waals surface area contributed by atoms with Crippen LogP contribution in [0.2, 0.25) is 0 Å². The molecule has 0 bridgehead atoms. The van der Waals surface area contributed by atoms with Gasteiger partial charge in [0.15, 0.2) is 0 Å². The number of rotatable bonds is 2. The van der Waals surface area contributed by atoms with Crippen molar-refractivity contribution in [2.45, 2.75) is 19.5 Å². The molecular formula is C16H13BrF2N2O. The average molecular weight is 367 g/mol. The number of nitrogens with two attached hydrogens (primary N) is 1. The highest BCUT2D eigenvalue weighted by Crippen LogP contribution is 2.36. The van der Waals surface area contributed by atoms with Crippen molar-refractivity contribution in [1.82, 2.24) is 4.90 Å². The first kappa shape index (κ1) is 15.0. The summed E-state index contributed by atoms with van der Waals surface area (Å²) in [5, 5.41) is 0. The Morgan fingerprint density at radius 3 is 2.68 bits per heavy atom. The lowest BCUT2D eigenvalue weighted by Crippen LogP contribution is -2.28. The van der Waals surface area contributed by atoms with Crippen LogP contribution in [0, 0.1) is 11.6 Å². The first-order valence-electron chi connectivity index (χ1n) is 6.72. The Balaban J connectivity index is 1.97. The Morgan fingerprint density at radius 2 is 2.00 bits per heavy atom. The van der Waals surface area contributed by atoms with Gasteiger partial charge < -0.3 is 10.6 Å². The van der Waals surface area contributed by atoms with Crippen LogP contribution in [0.25, 0.3) is 0 Å². The van der Waals surface area contributed by atoms with E-state index in [4.69, 9.17) is 5.73 Å². The minimum Gasteiger partial charge on any atom is -0.398 e. The summed E-state index contributed by atoms with van der Waals surface area (Å²) in [6.07, 6.45) is 0. The standard InChI is InChI=1S/C16H13BrF2N2O/c1-8(12-3-2-11(18)6-13(12)19)21-7-9-4-10(17)5-14(20)15(9)16(21)22/h2-6,8H,7,20H2,1H3/t8-/m1/s1. The van der Waals surface area contributed by atoms with Gasteiger partial charge in [0.1, 0.15) is 11.6 Å². The maximum Gasteiger partial charge on any atom is 0.257 e. The molecule has 0 spiro atoms. The molecule has 0 radical (unpaired) electrons. The summed E-state index contributed by atoms with van der Waals surface area (Å²) in [4.78, 5) is 14.1. The third-order valence-electron chi connectivity index (χ3n) is 3.91. The number of hydrogen-bond donors (Lipinski definition) is 1. The van der Waals surface area contributed by atoms with E-state index in [0.29, 0.717) is 17.8 Å². The quantitative estimate of drug-likeness (QED) is 0.815. The third kappa shape index (κ3) is 2.37. The van der Waals surface area contributed by atoms with Crippen LogP contribution in [-0.2, 0) is 6.54 Å². The van der Waals surface area contributed by atoms with Crippen LogP contribution in [0.4, 0.5) is 14.5 Å². The lowest BCUT2D eigenvalue weighted by molar-refractivity contribution is 0.0714. The van der Waals surface area contributed by atoms with Crippen molar-refractivity contribution in [2.24, 2.45) is 0 Å². The van der Waals surface area contributed by atoms with Gasteiger partial charge in [-0.25, -0.2) is 8.78 Å². The lowest BCUT2D eigenvalue weighted by atomic mass is 10.1. The molecule has 2 N–H and O–H groups in total. The number of nitrogens with zero attached hydrogens (tertiary/aromatic N) is 1. The maximum absolute atomic E-state index is 13.9. The Morgan fingerprint density at radius 1 is 1.27 bits per heavy atom. The molecule has 0 saturated carbocycles. The number of nitrogen functional groups attached to an aromatic ring is 1. The fraction of sp³-hybridized carbons (Fsp3) is 0.188. The topological polar surface area (TPSA) is 46.3 Å². The molecule has 1 aliphatic rings. The van der Waals surface area contributed by atoms with E-state index in [9.17, 15) is 13.6 Å². The maximum atomic E-state index is 13.9. The minimum atomic E-state index is -0.662. The summed E-state index contributed by atoms with van der Waals surface area (Å²) in [6.45, 7) is 2.06. The molecule has 0 aliphatic carbocycles. The van der Waals surface area contributed by atoms with Crippen molar-refractivity contribution in [2.75, 3.05) is 5.73 Å². The smallest absolute Gasteiger partial charge is 0.257 e. The van der Waals surface area contributed by atoms with Gasteiger partial charge in [-0.05, 0) is 30.7 Å².